The van der Waals surface area contributed by atoms with Gasteiger partial charge in [0.2, 0.25) is 0 Å². The van der Waals surface area contributed by atoms with E-state index in [4.69, 9.17) is 0 Å². The molecule has 4 rings (SSSR count). The van der Waals surface area contributed by atoms with Gasteiger partial charge in [-0.3, -0.25) is 4.90 Å². The highest BCUT2D eigenvalue weighted by Gasteiger charge is 2.19. The molecule has 0 aliphatic carbocycles. The van der Waals surface area contributed by atoms with E-state index >= 15 is 0 Å². The average Bonchev–Trinajstić information content (AvgIpc) is 3.12. The van der Waals surface area contributed by atoms with Crippen molar-refractivity contribution in [3.05, 3.63) is 53.9 Å². The highest BCUT2D eigenvalue weighted by atomic mass is 32.1. The number of pyridine rings is 1. The topological polar surface area (TPSA) is 58.0 Å². The summed E-state index contributed by atoms with van der Waals surface area (Å²) in [5.41, 5.74) is 1.09. The summed E-state index contributed by atoms with van der Waals surface area (Å²) in [7, 11) is 0. The summed E-state index contributed by atoms with van der Waals surface area (Å²) >= 11 is 1.61. The Hall–Kier alpha value is -2.38. The fourth-order valence-electron chi connectivity index (χ4n) is 2.80. The third-order valence-corrected chi connectivity index (χ3v) is 4.93. The first kappa shape index (κ1) is 15.2. The number of anilines is 1. The number of aromatic nitrogens is 4. The monoisotopic (exact) mass is 338 g/mol. The summed E-state index contributed by atoms with van der Waals surface area (Å²) < 4.78 is 0. The van der Waals surface area contributed by atoms with E-state index in [1.54, 1.807) is 23.7 Å². The molecule has 0 radical (unpaired) electrons. The quantitative estimate of drug-likeness (QED) is 0.728. The molecule has 122 valence electrons. The minimum absolute atomic E-state index is 0.703. The summed E-state index contributed by atoms with van der Waals surface area (Å²) in [4.78, 5) is 22.4. The van der Waals surface area contributed by atoms with Crippen molar-refractivity contribution >= 4 is 17.2 Å². The summed E-state index contributed by atoms with van der Waals surface area (Å²) in [5, 5.41) is 2.99. The van der Waals surface area contributed by atoms with Gasteiger partial charge in [0.05, 0.1) is 5.69 Å². The van der Waals surface area contributed by atoms with E-state index in [9.17, 15) is 0 Å². The maximum atomic E-state index is 4.68. The molecule has 4 heterocycles. The van der Waals surface area contributed by atoms with Gasteiger partial charge in [-0.25, -0.2) is 19.9 Å². The van der Waals surface area contributed by atoms with E-state index in [0.717, 1.165) is 49.2 Å². The summed E-state index contributed by atoms with van der Waals surface area (Å²) in [6.07, 6.45) is 5.35. The second-order valence-electron chi connectivity index (χ2n) is 5.67. The number of nitrogens with zero attached hydrogens (tertiary/aromatic N) is 6. The second kappa shape index (κ2) is 7.02. The molecular formula is C17H18N6S. The first-order valence-corrected chi connectivity index (χ1v) is 8.86. The molecule has 6 nitrogen and oxygen atoms in total. The Morgan fingerprint density at radius 1 is 0.917 bits per heavy atom. The third kappa shape index (κ3) is 3.42. The Morgan fingerprint density at radius 3 is 2.46 bits per heavy atom. The lowest BCUT2D eigenvalue weighted by atomic mass is 10.3. The van der Waals surface area contributed by atoms with Crippen molar-refractivity contribution in [2.45, 2.75) is 6.54 Å². The first-order valence-electron chi connectivity index (χ1n) is 7.98. The van der Waals surface area contributed by atoms with Gasteiger partial charge in [0.25, 0.3) is 0 Å². The third-order valence-electron chi connectivity index (χ3n) is 4.04. The molecule has 0 spiro atoms. The molecule has 0 amide bonds. The van der Waals surface area contributed by atoms with Crippen molar-refractivity contribution in [3.63, 3.8) is 0 Å². The molecule has 1 fully saturated rings. The fraction of sp³-hybridized carbons (Fsp3) is 0.294. The zero-order valence-corrected chi connectivity index (χ0v) is 14.1. The molecule has 0 N–H and O–H groups in total. The first-order chi connectivity index (χ1) is 11.9. The lowest BCUT2D eigenvalue weighted by molar-refractivity contribution is 0.247. The van der Waals surface area contributed by atoms with E-state index in [1.807, 2.05) is 24.4 Å². The highest BCUT2D eigenvalue weighted by Crippen LogP contribution is 2.21. The van der Waals surface area contributed by atoms with Crippen molar-refractivity contribution in [2.24, 2.45) is 0 Å². The van der Waals surface area contributed by atoms with Crippen molar-refractivity contribution in [1.82, 2.24) is 24.8 Å². The van der Waals surface area contributed by atoms with Crippen LogP contribution in [0, 0.1) is 0 Å². The number of hydrogen-bond acceptors (Lipinski definition) is 7. The minimum Gasteiger partial charge on any atom is -0.354 e. The maximum Gasteiger partial charge on any atom is 0.188 e. The fourth-order valence-corrected chi connectivity index (χ4v) is 3.55. The molecule has 0 bridgehead atoms. The van der Waals surface area contributed by atoms with Crippen molar-refractivity contribution < 1.29 is 0 Å². The lowest BCUT2D eigenvalue weighted by Gasteiger charge is -2.35. The van der Waals surface area contributed by atoms with Crippen LogP contribution in [0.4, 0.5) is 5.82 Å². The van der Waals surface area contributed by atoms with Crippen molar-refractivity contribution in [2.75, 3.05) is 31.1 Å². The Bertz CT molecular complexity index is 768. The summed E-state index contributed by atoms with van der Waals surface area (Å²) in [6.45, 7) is 4.90. The smallest absolute Gasteiger partial charge is 0.188 e. The number of hydrogen-bond donors (Lipinski definition) is 0. The molecule has 1 aliphatic heterocycles. The van der Waals surface area contributed by atoms with Crippen LogP contribution in [0.25, 0.3) is 10.8 Å². The largest absolute Gasteiger partial charge is 0.354 e. The standard InChI is InChI=1S/C17H18N6S/c1-2-5-18-15(4-1)23-10-8-22(9-11-23)12-14-13-24-17(21-14)16-19-6-3-7-20-16/h1-7,13H,8-12H2. The van der Waals surface area contributed by atoms with Gasteiger partial charge in [-0.2, -0.15) is 0 Å². The molecular weight excluding hydrogens is 320 g/mol. The van der Waals surface area contributed by atoms with Gasteiger partial charge < -0.3 is 4.90 Å². The molecule has 3 aromatic rings. The van der Waals surface area contributed by atoms with Gasteiger partial charge in [0, 0.05) is 56.7 Å². The van der Waals surface area contributed by atoms with E-state index in [-0.39, 0.29) is 0 Å². The van der Waals surface area contributed by atoms with Crippen LogP contribution in [-0.2, 0) is 6.54 Å². The van der Waals surface area contributed by atoms with Crippen molar-refractivity contribution in [3.8, 4) is 10.8 Å². The van der Waals surface area contributed by atoms with Crippen LogP contribution in [0.3, 0.4) is 0 Å². The Kier molecular flexibility index (Phi) is 4.44. The SMILES string of the molecule is c1ccc(N2CCN(Cc3csc(-c4ncccn4)n3)CC2)nc1. The minimum atomic E-state index is 0.703. The lowest BCUT2D eigenvalue weighted by Crippen LogP contribution is -2.46. The maximum absolute atomic E-state index is 4.68. The van der Waals surface area contributed by atoms with Gasteiger partial charge in [0.1, 0.15) is 5.82 Å². The normalized spacial score (nSPS) is 15.6. The zero-order valence-electron chi connectivity index (χ0n) is 13.2. The van der Waals surface area contributed by atoms with Gasteiger partial charge in [0.15, 0.2) is 10.8 Å². The van der Waals surface area contributed by atoms with E-state index in [1.165, 1.54) is 0 Å². The predicted octanol–water partition coefficient (Wildman–Crippen LogP) is 2.32. The van der Waals surface area contributed by atoms with Crippen LogP contribution < -0.4 is 4.90 Å². The van der Waals surface area contributed by atoms with Crippen LogP contribution in [0.5, 0.6) is 0 Å². The van der Waals surface area contributed by atoms with Crippen LogP contribution in [0.1, 0.15) is 5.69 Å². The molecule has 1 saturated heterocycles. The van der Waals surface area contributed by atoms with Crippen molar-refractivity contribution in [1.29, 1.82) is 0 Å². The highest BCUT2D eigenvalue weighted by molar-refractivity contribution is 7.13. The molecule has 7 heteroatoms. The van der Waals surface area contributed by atoms with Gasteiger partial charge in [-0.15, -0.1) is 11.3 Å². The molecule has 1 aliphatic rings. The molecule has 24 heavy (non-hydrogen) atoms. The Morgan fingerprint density at radius 2 is 1.71 bits per heavy atom. The Balaban J connectivity index is 1.35. The van der Waals surface area contributed by atoms with Gasteiger partial charge >= 0.3 is 0 Å². The molecule has 0 aromatic carbocycles. The van der Waals surface area contributed by atoms with Crippen LogP contribution >= 0.6 is 11.3 Å². The zero-order chi connectivity index (χ0) is 16.2. The second-order valence-corrected chi connectivity index (χ2v) is 6.53. The van der Waals surface area contributed by atoms with Crippen LogP contribution in [-0.4, -0.2) is 51.0 Å². The number of piperazine rings is 1. The van der Waals surface area contributed by atoms with Gasteiger partial charge in [-0.05, 0) is 18.2 Å². The predicted molar refractivity (Wildman–Crippen MR) is 94.9 cm³/mol. The molecule has 0 atom stereocenters. The van der Waals surface area contributed by atoms with E-state index < -0.39 is 0 Å². The molecule has 0 saturated carbocycles. The van der Waals surface area contributed by atoms with E-state index in [0.29, 0.717) is 5.82 Å². The summed E-state index contributed by atoms with van der Waals surface area (Å²) in [5.74, 6) is 1.77. The van der Waals surface area contributed by atoms with E-state index in [2.05, 4.69) is 41.2 Å². The molecule has 0 unspecified atom stereocenters. The number of rotatable bonds is 4. The summed E-state index contributed by atoms with van der Waals surface area (Å²) in [6, 6.07) is 7.88. The van der Waals surface area contributed by atoms with Gasteiger partial charge in [-0.1, -0.05) is 6.07 Å². The van der Waals surface area contributed by atoms with Crippen LogP contribution in [0.2, 0.25) is 0 Å². The average molecular weight is 338 g/mol. The van der Waals surface area contributed by atoms with Crippen LogP contribution in [0.15, 0.2) is 48.2 Å². The molecule has 3 aromatic heterocycles. The Labute approximate surface area is 144 Å². The number of thiazole rings is 1.